The molecule has 1 aromatic carbocycles. The molecule has 0 saturated carbocycles. The fourth-order valence-electron chi connectivity index (χ4n) is 2.53. The van der Waals surface area contributed by atoms with Crippen molar-refractivity contribution >= 4 is 23.7 Å². The van der Waals surface area contributed by atoms with Gasteiger partial charge in [0, 0.05) is 17.3 Å². The molecule has 0 saturated heterocycles. The van der Waals surface area contributed by atoms with E-state index in [1.807, 2.05) is 0 Å². The van der Waals surface area contributed by atoms with Gasteiger partial charge < -0.3 is 9.94 Å². The number of methoxy groups -OCH3 is 1. The van der Waals surface area contributed by atoms with Crippen LogP contribution in [0.1, 0.15) is 62.0 Å². The number of carbonyl (C=O) groups is 1. The summed E-state index contributed by atoms with van der Waals surface area (Å²) in [5, 5.41) is 11.8. The van der Waals surface area contributed by atoms with Crippen LogP contribution in [0.2, 0.25) is 0 Å². The standard InChI is InChI=1S/C20H27N3O3S/c1-6-7-8-15-13-23(20(2,3)4)27-19(15)22-18(24)16-11-14(12-21-25)9-10-17(16)26-5/h9-13,25H,6-8H2,1-5H3/b21-12-,22-19?. The van der Waals surface area contributed by atoms with E-state index >= 15 is 0 Å². The molecule has 0 aliphatic carbocycles. The van der Waals surface area contributed by atoms with Crippen LogP contribution in [0.3, 0.4) is 0 Å². The lowest BCUT2D eigenvalue weighted by molar-refractivity contribution is 0.0996. The molecule has 1 amide bonds. The molecule has 0 radical (unpaired) electrons. The summed E-state index contributed by atoms with van der Waals surface area (Å²) < 4.78 is 8.17. The number of aryl methyl sites for hydroxylation is 1. The topological polar surface area (TPSA) is 76.2 Å². The summed E-state index contributed by atoms with van der Waals surface area (Å²) in [5.74, 6) is 0.0647. The Morgan fingerprint density at radius 2 is 2.11 bits per heavy atom. The molecule has 2 rings (SSSR count). The summed E-state index contributed by atoms with van der Waals surface area (Å²) in [4.78, 5) is 17.3. The molecule has 0 aliphatic heterocycles. The first kappa shape index (κ1) is 20.9. The van der Waals surface area contributed by atoms with Crippen molar-refractivity contribution in [1.82, 2.24) is 3.96 Å². The number of ether oxygens (including phenoxy) is 1. The second-order valence-corrected chi connectivity index (χ2v) is 8.23. The zero-order valence-corrected chi connectivity index (χ0v) is 17.3. The van der Waals surface area contributed by atoms with Gasteiger partial charge in [-0.3, -0.25) is 8.75 Å². The highest BCUT2D eigenvalue weighted by atomic mass is 32.1. The van der Waals surface area contributed by atoms with Crippen molar-refractivity contribution in [3.05, 3.63) is 45.8 Å². The van der Waals surface area contributed by atoms with Gasteiger partial charge >= 0.3 is 0 Å². The van der Waals surface area contributed by atoms with Crippen LogP contribution >= 0.6 is 11.5 Å². The Labute approximate surface area is 164 Å². The molecule has 1 aromatic heterocycles. The van der Waals surface area contributed by atoms with Gasteiger partial charge in [-0.2, -0.15) is 4.99 Å². The minimum absolute atomic E-state index is 0.0718. The Bertz CT molecular complexity index is 889. The number of aromatic nitrogens is 1. The Morgan fingerprint density at radius 3 is 2.70 bits per heavy atom. The van der Waals surface area contributed by atoms with Crippen molar-refractivity contribution in [2.45, 2.75) is 52.5 Å². The van der Waals surface area contributed by atoms with Gasteiger partial charge in [-0.25, -0.2) is 0 Å². The lowest BCUT2D eigenvalue weighted by Gasteiger charge is -2.19. The van der Waals surface area contributed by atoms with Crippen molar-refractivity contribution < 1.29 is 14.7 Å². The number of benzene rings is 1. The third kappa shape index (κ3) is 5.29. The quantitative estimate of drug-likeness (QED) is 0.457. The van der Waals surface area contributed by atoms with Crippen LogP contribution in [-0.2, 0) is 12.0 Å². The Morgan fingerprint density at radius 1 is 1.37 bits per heavy atom. The highest BCUT2D eigenvalue weighted by Gasteiger charge is 2.17. The van der Waals surface area contributed by atoms with Gasteiger partial charge in [-0.1, -0.05) is 18.5 Å². The van der Waals surface area contributed by atoms with E-state index in [9.17, 15) is 4.79 Å². The molecular formula is C20H27N3O3S. The molecule has 0 aliphatic rings. The fraction of sp³-hybridized carbons (Fsp3) is 0.450. The van der Waals surface area contributed by atoms with Gasteiger partial charge in [-0.05, 0) is 68.9 Å². The van der Waals surface area contributed by atoms with Crippen LogP contribution < -0.4 is 9.41 Å². The highest BCUT2D eigenvalue weighted by molar-refractivity contribution is 7.04. The van der Waals surface area contributed by atoms with Crippen molar-refractivity contribution in [1.29, 1.82) is 0 Å². The van der Waals surface area contributed by atoms with Gasteiger partial charge in [-0.15, -0.1) is 0 Å². The number of nitrogens with zero attached hydrogens (tertiary/aromatic N) is 3. The van der Waals surface area contributed by atoms with E-state index in [2.05, 4.69) is 48.0 Å². The second-order valence-electron chi connectivity index (χ2n) is 7.27. The maximum Gasteiger partial charge on any atom is 0.282 e. The molecule has 0 unspecified atom stereocenters. The third-order valence-corrected chi connectivity index (χ3v) is 5.43. The first-order chi connectivity index (χ1) is 12.8. The average molecular weight is 390 g/mol. The monoisotopic (exact) mass is 389 g/mol. The summed E-state index contributed by atoms with van der Waals surface area (Å²) >= 11 is 1.49. The molecule has 27 heavy (non-hydrogen) atoms. The maximum absolute atomic E-state index is 12.9. The molecule has 0 spiro atoms. The zero-order chi connectivity index (χ0) is 20.0. The Balaban J connectivity index is 2.52. The Kier molecular flexibility index (Phi) is 6.96. The molecule has 2 aromatic rings. The van der Waals surface area contributed by atoms with Crippen LogP contribution in [0.25, 0.3) is 0 Å². The molecule has 0 fully saturated rings. The second kappa shape index (κ2) is 8.99. The third-order valence-electron chi connectivity index (χ3n) is 4.06. The smallest absolute Gasteiger partial charge is 0.282 e. The molecule has 1 heterocycles. The van der Waals surface area contributed by atoms with Gasteiger partial charge in [0.1, 0.15) is 10.4 Å². The molecule has 7 heteroatoms. The van der Waals surface area contributed by atoms with Crippen LogP contribution in [0, 0.1) is 0 Å². The number of amides is 1. The normalized spacial score (nSPS) is 12.7. The minimum Gasteiger partial charge on any atom is -0.496 e. The number of hydrogen-bond donors (Lipinski definition) is 1. The first-order valence-electron chi connectivity index (χ1n) is 8.97. The molecule has 1 N–H and O–H groups in total. The highest BCUT2D eigenvalue weighted by Crippen LogP contribution is 2.21. The number of carbonyl (C=O) groups excluding carboxylic acids is 1. The van der Waals surface area contributed by atoms with Crippen molar-refractivity contribution in [3.8, 4) is 5.75 Å². The van der Waals surface area contributed by atoms with Crippen LogP contribution in [0.15, 0.2) is 34.5 Å². The number of rotatable bonds is 6. The molecule has 6 nitrogen and oxygen atoms in total. The van der Waals surface area contributed by atoms with Gasteiger partial charge in [0.2, 0.25) is 0 Å². The molecule has 0 bridgehead atoms. The van der Waals surface area contributed by atoms with Gasteiger partial charge in [0.25, 0.3) is 5.91 Å². The maximum atomic E-state index is 12.9. The van der Waals surface area contributed by atoms with E-state index in [4.69, 9.17) is 9.94 Å². The summed E-state index contributed by atoms with van der Waals surface area (Å²) in [5.41, 5.74) is 1.95. The van der Waals surface area contributed by atoms with E-state index < -0.39 is 0 Å². The van der Waals surface area contributed by atoms with E-state index in [0.29, 0.717) is 16.9 Å². The lowest BCUT2D eigenvalue weighted by Crippen LogP contribution is -2.18. The zero-order valence-electron chi connectivity index (χ0n) is 16.5. The number of oxime groups is 1. The van der Waals surface area contributed by atoms with E-state index in [-0.39, 0.29) is 11.4 Å². The largest absolute Gasteiger partial charge is 0.496 e. The van der Waals surface area contributed by atoms with Crippen LogP contribution in [0.5, 0.6) is 5.75 Å². The number of hydrogen-bond acceptors (Lipinski definition) is 5. The van der Waals surface area contributed by atoms with Crippen molar-refractivity contribution in [3.63, 3.8) is 0 Å². The summed E-state index contributed by atoms with van der Waals surface area (Å²) in [6, 6.07) is 4.99. The predicted molar refractivity (Wildman–Crippen MR) is 108 cm³/mol. The molecular weight excluding hydrogens is 362 g/mol. The van der Waals surface area contributed by atoms with E-state index in [0.717, 1.165) is 29.5 Å². The van der Waals surface area contributed by atoms with E-state index in [1.54, 1.807) is 18.2 Å². The molecule has 146 valence electrons. The summed E-state index contributed by atoms with van der Waals surface area (Å²) in [7, 11) is 1.51. The lowest BCUT2D eigenvalue weighted by atomic mass is 10.1. The van der Waals surface area contributed by atoms with E-state index in [1.165, 1.54) is 24.9 Å². The van der Waals surface area contributed by atoms with Crippen LogP contribution in [-0.4, -0.2) is 28.4 Å². The average Bonchev–Trinajstić information content (AvgIpc) is 3.03. The van der Waals surface area contributed by atoms with Crippen molar-refractivity contribution in [2.75, 3.05) is 7.11 Å². The van der Waals surface area contributed by atoms with Gasteiger partial charge in [0.05, 0.1) is 18.9 Å². The summed E-state index contributed by atoms with van der Waals surface area (Å²) in [6.07, 6.45) is 6.37. The SMILES string of the molecule is CCCCc1cn(C(C)(C)C)sc1=NC(=O)c1cc(/C=N\O)ccc1OC. The first-order valence-corrected chi connectivity index (χ1v) is 9.74. The predicted octanol–water partition coefficient (Wildman–Crippen LogP) is 4.21. The van der Waals surface area contributed by atoms with Crippen molar-refractivity contribution in [2.24, 2.45) is 10.1 Å². The number of unbranched alkanes of at least 4 members (excludes halogenated alkanes) is 1. The summed E-state index contributed by atoms with van der Waals surface area (Å²) in [6.45, 7) is 8.52. The Hall–Kier alpha value is -2.41. The van der Waals surface area contributed by atoms with Gasteiger partial charge in [0.15, 0.2) is 0 Å². The minimum atomic E-state index is -0.374. The fourth-order valence-corrected chi connectivity index (χ4v) is 3.56. The van der Waals surface area contributed by atoms with Crippen LogP contribution in [0.4, 0.5) is 0 Å². The molecule has 0 atom stereocenters.